The van der Waals surface area contributed by atoms with Gasteiger partial charge in [-0.05, 0) is 106 Å². The Morgan fingerprint density at radius 1 is 0.408 bits per heavy atom. The normalized spacial score (nSPS) is 12.8. The van der Waals surface area contributed by atoms with E-state index in [1.165, 1.54) is 10.8 Å². The molecule has 9 aromatic rings. The Hall–Kier alpha value is -6.46. The molecule has 0 amide bonds. The minimum atomic E-state index is -0.00380. The molecule has 0 aliphatic carbocycles. The third-order valence-electron chi connectivity index (χ3n) is 10.1. The molecule has 3 heterocycles. The number of benzene rings is 8. The number of hydrogen-bond donors (Lipinski definition) is 0. The van der Waals surface area contributed by atoms with Crippen molar-refractivity contribution in [2.45, 2.75) is 0 Å². The number of hydrogen-bond acceptors (Lipinski definition) is 4. The molecule has 4 nitrogen and oxygen atoms in total. The largest absolute Gasteiger partial charge is 0.458 e. The van der Waals surface area contributed by atoms with Gasteiger partial charge in [0.1, 0.15) is 34.2 Å². The first-order chi connectivity index (χ1) is 24.3. The molecule has 0 N–H and O–H groups in total. The van der Waals surface area contributed by atoms with Crippen LogP contribution < -0.4 is 30.8 Å². The molecule has 8 aromatic carbocycles. The van der Waals surface area contributed by atoms with Crippen molar-refractivity contribution in [3.63, 3.8) is 0 Å². The molecule has 0 saturated heterocycles. The molecule has 5 heteroatoms. The van der Waals surface area contributed by atoms with E-state index in [0.717, 1.165) is 89.2 Å². The number of anilines is 3. The summed E-state index contributed by atoms with van der Waals surface area (Å²) in [5.41, 5.74) is 8.31. The van der Waals surface area contributed by atoms with Gasteiger partial charge in [-0.2, -0.15) is 0 Å². The Labute approximate surface area is 282 Å². The fourth-order valence-corrected chi connectivity index (χ4v) is 7.90. The van der Waals surface area contributed by atoms with Crippen LogP contribution in [0.2, 0.25) is 0 Å². The van der Waals surface area contributed by atoms with E-state index in [-0.39, 0.29) is 6.71 Å². The van der Waals surface area contributed by atoms with Crippen molar-refractivity contribution in [3.05, 3.63) is 158 Å². The Bertz CT molecular complexity index is 2810. The van der Waals surface area contributed by atoms with Crippen LogP contribution >= 0.6 is 0 Å². The molecule has 49 heavy (non-hydrogen) atoms. The van der Waals surface area contributed by atoms with Crippen LogP contribution in [0.25, 0.3) is 43.5 Å². The van der Waals surface area contributed by atoms with Gasteiger partial charge in [0, 0.05) is 38.7 Å². The van der Waals surface area contributed by atoms with Crippen molar-refractivity contribution >= 4 is 83.6 Å². The van der Waals surface area contributed by atoms with Gasteiger partial charge in [-0.3, -0.25) is 0 Å². The molecular formula is C44H26BNO3. The summed E-state index contributed by atoms with van der Waals surface area (Å²) < 4.78 is 19.7. The van der Waals surface area contributed by atoms with Crippen molar-refractivity contribution in [2.75, 3.05) is 4.90 Å². The Morgan fingerprint density at radius 2 is 1.08 bits per heavy atom. The van der Waals surface area contributed by atoms with Crippen molar-refractivity contribution in [1.29, 1.82) is 0 Å². The zero-order valence-corrected chi connectivity index (χ0v) is 26.3. The van der Waals surface area contributed by atoms with Crippen LogP contribution in [-0.4, -0.2) is 6.71 Å². The molecular weight excluding hydrogens is 601 g/mol. The number of fused-ring (bicyclic) bond motifs is 10. The van der Waals surface area contributed by atoms with Gasteiger partial charge >= 0.3 is 0 Å². The highest BCUT2D eigenvalue weighted by Gasteiger charge is 2.40. The van der Waals surface area contributed by atoms with E-state index in [0.29, 0.717) is 0 Å². The van der Waals surface area contributed by atoms with Crippen LogP contribution in [0.15, 0.2) is 162 Å². The van der Waals surface area contributed by atoms with Crippen LogP contribution in [0.1, 0.15) is 0 Å². The van der Waals surface area contributed by atoms with Gasteiger partial charge in [0.05, 0.1) is 0 Å². The van der Waals surface area contributed by atoms with E-state index in [2.05, 4.69) is 132 Å². The van der Waals surface area contributed by atoms with Gasteiger partial charge in [-0.25, -0.2) is 0 Å². The van der Waals surface area contributed by atoms with E-state index in [9.17, 15) is 0 Å². The number of furan rings is 1. The molecule has 2 aliphatic heterocycles. The lowest BCUT2D eigenvalue weighted by Gasteiger charge is -2.32. The lowest BCUT2D eigenvalue weighted by atomic mass is 9.35. The first kappa shape index (κ1) is 26.6. The molecule has 2 aliphatic rings. The summed E-state index contributed by atoms with van der Waals surface area (Å²) in [7, 11) is 0. The van der Waals surface area contributed by atoms with Crippen molar-refractivity contribution in [2.24, 2.45) is 0 Å². The average Bonchev–Trinajstić information content (AvgIpc) is 3.52. The third-order valence-corrected chi connectivity index (χ3v) is 10.1. The maximum absolute atomic E-state index is 6.77. The molecule has 0 spiro atoms. The summed E-state index contributed by atoms with van der Waals surface area (Å²) in [6.07, 6.45) is 0. The number of nitrogens with zero attached hydrogens (tertiary/aromatic N) is 1. The first-order valence-corrected chi connectivity index (χ1v) is 16.6. The van der Waals surface area contributed by atoms with Crippen LogP contribution in [0.5, 0.6) is 23.0 Å². The predicted octanol–water partition coefficient (Wildman–Crippen LogP) is 10.1. The van der Waals surface area contributed by atoms with E-state index >= 15 is 0 Å². The summed E-state index contributed by atoms with van der Waals surface area (Å²) >= 11 is 0. The zero-order chi connectivity index (χ0) is 32.1. The second kappa shape index (κ2) is 10.0. The summed E-state index contributed by atoms with van der Waals surface area (Å²) in [4.78, 5) is 2.32. The standard InChI is InChI=1S/C44H26BNO3/c1-2-11-30(12-3-1)46(31-19-17-27-9-4-5-10-28(27)23-31)32-20-22-33-29(24-32)18-21-34-35-25-42-37(26-41(35)49-44(33)34)45-36-13-6-7-14-38(36)47-39-15-8-16-40(48-42)43(39)45/h1-26H. The molecule has 0 saturated carbocycles. The van der Waals surface area contributed by atoms with E-state index in [1.54, 1.807) is 0 Å². The quantitative estimate of drug-likeness (QED) is 0.183. The second-order valence-electron chi connectivity index (χ2n) is 12.9. The minimum Gasteiger partial charge on any atom is -0.458 e. The van der Waals surface area contributed by atoms with Crippen LogP contribution in [0.4, 0.5) is 17.1 Å². The van der Waals surface area contributed by atoms with Crippen LogP contribution in [-0.2, 0) is 0 Å². The van der Waals surface area contributed by atoms with Crippen molar-refractivity contribution in [3.8, 4) is 23.0 Å². The molecule has 1 aromatic heterocycles. The van der Waals surface area contributed by atoms with Gasteiger partial charge in [0.2, 0.25) is 0 Å². The predicted molar refractivity (Wildman–Crippen MR) is 201 cm³/mol. The third kappa shape index (κ3) is 3.93. The molecule has 0 fully saturated rings. The van der Waals surface area contributed by atoms with Crippen molar-refractivity contribution in [1.82, 2.24) is 0 Å². The lowest BCUT2D eigenvalue weighted by molar-refractivity contribution is 0.465. The SMILES string of the molecule is c1ccc(N(c2ccc3ccccc3c2)c2ccc3c(ccc4c5cc6c(cc5oc34)B3c4ccccc4Oc4cccc(c43)O6)c2)cc1. The Morgan fingerprint density at radius 3 is 1.96 bits per heavy atom. The van der Waals surface area contributed by atoms with Gasteiger partial charge in [0.25, 0.3) is 6.71 Å². The monoisotopic (exact) mass is 627 g/mol. The zero-order valence-electron chi connectivity index (χ0n) is 26.3. The second-order valence-corrected chi connectivity index (χ2v) is 12.9. The molecule has 0 radical (unpaired) electrons. The summed E-state index contributed by atoms with van der Waals surface area (Å²) in [6, 6.07) is 55.4. The molecule has 228 valence electrons. The average molecular weight is 628 g/mol. The van der Waals surface area contributed by atoms with Crippen molar-refractivity contribution < 1.29 is 13.9 Å². The molecule has 0 unspecified atom stereocenters. The highest BCUT2D eigenvalue weighted by molar-refractivity contribution is 6.98. The van der Waals surface area contributed by atoms with Gasteiger partial charge < -0.3 is 18.8 Å². The van der Waals surface area contributed by atoms with E-state index < -0.39 is 0 Å². The maximum atomic E-state index is 6.77. The first-order valence-electron chi connectivity index (χ1n) is 16.6. The van der Waals surface area contributed by atoms with Crippen LogP contribution in [0.3, 0.4) is 0 Å². The Balaban J connectivity index is 1.07. The summed E-state index contributed by atoms with van der Waals surface area (Å²) in [5, 5.41) is 6.74. The number of rotatable bonds is 3. The number of ether oxygens (including phenoxy) is 2. The maximum Gasteiger partial charge on any atom is 0.260 e. The van der Waals surface area contributed by atoms with Gasteiger partial charge in [0.15, 0.2) is 0 Å². The highest BCUT2D eigenvalue weighted by atomic mass is 16.5. The smallest absolute Gasteiger partial charge is 0.260 e. The van der Waals surface area contributed by atoms with Gasteiger partial charge in [-0.15, -0.1) is 0 Å². The van der Waals surface area contributed by atoms with Gasteiger partial charge in [-0.1, -0.05) is 78.9 Å². The fraction of sp³-hybridized carbons (Fsp3) is 0. The molecule has 0 bridgehead atoms. The number of para-hydroxylation sites is 2. The topological polar surface area (TPSA) is 34.8 Å². The summed E-state index contributed by atoms with van der Waals surface area (Å²) in [6.45, 7) is -0.00380. The Kier molecular flexibility index (Phi) is 5.44. The summed E-state index contributed by atoms with van der Waals surface area (Å²) in [5.74, 6) is 3.41. The lowest BCUT2D eigenvalue weighted by Crippen LogP contribution is -2.57. The highest BCUT2D eigenvalue weighted by Crippen LogP contribution is 2.42. The van der Waals surface area contributed by atoms with E-state index in [4.69, 9.17) is 13.9 Å². The minimum absolute atomic E-state index is 0.00380. The molecule has 0 atom stereocenters. The van der Waals surface area contributed by atoms with E-state index in [1.807, 2.05) is 30.3 Å². The fourth-order valence-electron chi connectivity index (χ4n) is 7.90. The van der Waals surface area contributed by atoms with Crippen LogP contribution in [0, 0.1) is 0 Å². The molecule has 11 rings (SSSR count).